The van der Waals surface area contributed by atoms with Crippen molar-refractivity contribution in [3.63, 3.8) is 0 Å². The molecule has 0 radical (unpaired) electrons. The summed E-state index contributed by atoms with van der Waals surface area (Å²) in [6.07, 6.45) is 2.51. The molecule has 8 heteroatoms. The number of fused-ring (bicyclic) bond motifs is 1. The summed E-state index contributed by atoms with van der Waals surface area (Å²) in [5.41, 5.74) is 0.416. The van der Waals surface area contributed by atoms with Gasteiger partial charge in [0.15, 0.2) is 9.84 Å². The average molecular weight is 383 g/mol. The van der Waals surface area contributed by atoms with E-state index in [0.717, 1.165) is 5.39 Å². The van der Waals surface area contributed by atoms with Gasteiger partial charge in [0.05, 0.1) is 17.0 Å². The number of nitrogens with zero attached hydrogens (tertiary/aromatic N) is 2. The van der Waals surface area contributed by atoms with Gasteiger partial charge in [-0.3, -0.25) is 4.98 Å². The summed E-state index contributed by atoms with van der Waals surface area (Å²) >= 11 is 0. The first-order valence-corrected chi connectivity index (χ1v) is 11.6. The van der Waals surface area contributed by atoms with Gasteiger partial charge in [-0.25, -0.2) is 16.8 Å². The molecule has 0 unspecified atom stereocenters. The highest BCUT2D eigenvalue weighted by Crippen LogP contribution is 2.31. The minimum Gasteiger partial charge on any atom is -0.255 e. The van der Waals surface area contributed by atoms with E-state index in [-0.39, 0.29) is 22.4 Å². The molecule has 25 heavy (non-hydrogen) atoms. The van der Waals surface area contributed by atoms with E-state index in [1.165, 1.54) is 4.31 Å². The fourth-order valence-electron chi connectivity index (χ4n) is 3.35. The van der Waals surface area contributed by atoms with Gasteiger partial charge in [-0.2, -0.15) is 4.31 Å². The normalized spacial score (nSPS) is 21.6. The molecule has 136 valence electrons. The van der Waals surface area contributed by atoms with Crippen LogP contribution in [0.3, 0.4) is 0 Å². The number of sulfone groups is 1. The summed E-state index contributed by atoms with van der Waals surface area (Å²) in [6.45, 7) is 3.72. The van der Waals surface area contributed by atoms with Gasteiger partial charge in [0, 0.05) is 23.7 Å². The molecule has 1 aromatic heterocycles. The molecule has 0 spiro atoms. The molecule has 1 aliphatic rings. The van der Waals surface area contributed by atoms with E-state index in [0.29, 0.717) is 18.4 Å². The molecule has 2 heterocycles. The summed E-state index contributed by atoms with van der Waals surface area (Å²) in [7, 11) is -7.06. The lowest BCUT2D eigenvalue weighted by molar-refractivity contribution is 0.271. The molecule has 0 aliphatic carbocycles. The van der Waals surface area contributed by atoms with Gasteiger partial charge in [-0.1, -0.05) is 25.1 Å². The van der Waals surface area contributed by atoms with Crippen LogP contribution in [0.4, 0.5) is 0 Å². The quantitative estimate of drug-likeness (QED) is 0.792. The van der Waals surface area contributed by atoms with E-state index in [4.69, 9.17) is 0 Å². The van der Waals surface area contributed by atoms with E-state index in [1.807, 2.05) is 26.0 Å². The predicted molar refractivity (Wildman–Crippen MR) is 97.6 cm³/mol. The lowest BCUT2D eigenvalue weighted by Gasteiger charge is -2.32. The van der Waals surface area contributed by atoms with Gasteiger partial charge in [-0.05, 0) is 31.9 Å². The molecule has 2 atom stereocenters. The fourth-order valence-corrected chi connectivity index (χ4v) is 7.24. The third-order valence-corrected chi connectivity index (χ3v) is 8.59. The molecule has 1 aliphatic heterocycles. The fraction of sp³-hybridized carbons (Fsp3) is 0.471. The van der Waals surface area contributed by atoms with Crippen molar-refractivity contribution in [1.29, 1.82) is 0 Å². The molecule has 1 aromatic carbocycles. The van der Waals surface area contributed by atoms with Crippen molar-refractivity contribution in [2.45, 2.75) is 43.7 Å². The van der Waals surface area contributed by atoms with Gasteiger partial charge >= 0.3 is 0 Å². The topological polar surface area (TPSA) is 84.4 Å². The number of rotatable bonds is 5. The van der Waals surface area contributed by atoms with Gasteiger partial charge in [0.1, 0.15) is 4.90 Å². The molecule has 0 amide bonds. The van der Waals surface area contributed by atoms with Crippen LogP contribution < -0.4 is 0 Å². The molecule has 1 fully saturated rings. The maximum Gasteiger partial charge on any atom is 0.245 e. The Bertz CT molecular complexity index is 981. The maximum atomic E-state index is 13.4. The van der Waals surface area contributed by atoms with E-state index in [1.54, 1.807) is 24.4 Å². The zero-order valence-corrected chi connectivity index (χ0v) is 15.9. The second kappa shape index (κ2) is 6.66. The largest absolute Gasteiger partial charge is 0.255 e. The Morgan fingerprint density at radius 2 is 2.00 bits per heavy atom. The first-order valence-electron chi connectivity index (χ1n) is 8.34. The standard InChI is InChI=1S/C17H22N2O4S2/c1-3-13(2)19(15-9-11-24(20,21)12-15)25(22,23)16-8-4-6-14-7-5-10-18-17(14)16/h4-8,10,13,15H,3,9,11-12H2,1-2H3/t13-,15-/m1/s1. The van der Waals surface area contributed by atoms with E-state index in [9.17, 15) is 16.8 Å². The second-order valence-electron chi connectivity index (χ2n) is 6.48. The summed E-state index contributed by atoms with van der Waals surface area (Å²) in [4.78, 5) is 4.38. The van der Waals surface area contributed by atoms with Crippen LogP contribution in [0.15, 0.2) is 41.4 Å². The summed E-state index contributed by atoms with van der Waals surface area (Å²) < 4.78 is 52.1. The Morgan fingerprint density at radius 1 is 1.28 bits per heavy atom. The Balaban J connectivity index is 2.14. The Labute approximate surface area is 148 Å². The predicted octanol–water partition coefficient (Wildman–Crippen LogP) is 2.21. The number of hydrogen-bond acceptors (Lipinski definition) is 5. The molecule has 1 saturated heterocycles. The van der Waals surface area contributed by atoms with Gasteiger partial charge in [0.25, 0.3) is 0 Å². The summed E-state index contributed by atoms with van der Waals surface area (Å²) in [5.74, 6) is -0.0807. The van der Waals surface area contributed by atoms with Crippen molar-refractivity contribution in [3.8, 4) is 0 Å². The van der Waals surface area contributed by atoms with Gasteiger partial charge < -0.3 is 0 Å². The van der Waals surface area contributed by atoms with Crippen LogP contribution in [0.25, 0.3) is 10.9 Å². The smallest absolute Gasteiger partial charge is 0.245 e. The third kappa shape index (κ3) is 3.43. The average Bonchev–Trinajstić information content (AvgIpc) is 2.93. The highest BCUT2D eigenvalue weighted by atomic mass is 32.2. The van der Waals surface area contributed by atoms with E-state index >= 15 is 0 Å². The van der Waals surface area contributed by atoms with Crippen molar-refractivity contribution < 1.29 is 16.8 Å². The SMILES string of the molecule is CC[C@@H](C)N([C@@H]1CCS(=O)(=O)C1)S(=O)(=O)c1cccc2cccnc12. The molecule has 0 N–H and O–H groups in total. The first kappa shape index (κ1) is 18.3. The number of para-hydroxylation sites is 1. The van der Waals surface area contributed by atoms with Crippen molar-refractivity contribution in [2.75, 3.05) is 11.5 Å². The zero-order valence-electron chi connectivity index (χ0n) is 14.3. The van der Waals surface area contributed by atoms with Crippen LogP contribution in [0.1, 0.15) is 26.7 Å². The number of hydrogen-bond donors (Lipinski definition) is 0. The van der Waals surface area contributed by atoms with E-state index in [2.05, 4.69) is 4.98 Å². The van der Waals surface area contributed by atoms with Crippen LogP contribution in [0, 0.1) is 0 Å². The zero-order chi connectivity index (χ0) is 18.2. The third-order valence-electron chi connectivity index (χ3n) is 4.74. The van der Waals surface area contributed by atoms with Gasteiger partial charge in [0.2, 0.25) is 10.0 Å². The monoisotopic (exact) mass is 382 g/mol. The second-order valence-corrected chi connectivity index (χ2v) is 10.5. The minimum atomic E-state index is -3.87. The van der Waals surface area contributed by atoms with Crippen LogP contribution in [-0.4, -0.2) is 49.7 Å². The highest BCUT2D eigenvalue weighted by Gasteiger charge is 2.41. The van der Waals surface area contributed by atoms with Crippen LogP contribution >= 0.6 is 0 Å². The van der Waals surface area contributed by atoms with Gasteiger partial charge in [-0.15, -0.1) is 0 Å². The Morgan fingerprint density at radius 3 is 2.64 bits per heavy atom. The Kier molecular flexibility index (Phi) is 4.87. The molecular weight excluding hydrogens is 360 g/mol. The van der Waals surface area contributed by atoms with Crippen LogP contribution in [-0.2, 0) is 19.9 Å². The lowest BCUT2D eigenvalue weighted by Crippen LogP contribution is -2.46. The minimum absolute atomic E-state index is 0.0356. The lowest BCUT2D eigenvalue weighted by atomic mass is 10.2. The van der Waals surface area contributed by atoms with Crippen LogP contribution in [0.2, 0.25) is 0 Å². The van der Waals surface area contributed by atoms with Crippen molar-refractivity contribution >= 4 is 30.8 Å². The highest BCUT2D eigenvalue weighted by molar-refractivity contribution is 7.92. The molecular formula is C17H22N2O4S2. The molecule has 2 aromatic rings. The maximum absolute atomic E-state index is 13.4. The van der Waals surface area contributed by atoms with Crippen molar-refractivity contribution in [2.24, 2.45) is 0 Å². The molecule has 0 bridgehead atoms. The molecule has 0 saturated carbocycles. The Hall–Kier alpha value is -1.51. The summed E-state index contributed by atoms with van der Waals surface area (Å²) in [5, 5.41) is 0.742. The number of benzene rings is 1. The van der Waals surface area contributed by atoms with Crippen molar-refractivity contribution in [3.05, 3.63) is 36.5 Å². The number of sulfonamides is 1. The van der Waals surface area contributed by atoms with Crippen molar-refractivity contribution in [1.82, 2.24) is 9.29 Å². The molecule has 6 nitrogen and oxygen atoms in total. The van der Waals surface area contributed by atoms with E-state index < -0.39 is 25.9 Å². The summed E-state index contributed by atoms with van der Waals surface area (Å²) in [6, 6.07) is 7.81. The number of pyridine rings is 1. The first-order chi connectivity index (χ1) is 11.8. The van der Waals surface area contributed by atoms with Crippen LogP contribution in [0.5, 0.6) is 0 Å². The number of aromatic nitrogens is 1. The molecule has 3 rings (SSSR count).